The fourth-order valence-corrected chi connectivity index (χ4v) is 6.17. The van der Waals surface area contributed by atoms with Crippen LogP contribution in [0.25, 0.3) is 82.1 Å². The molecule has 0 unspecified atom stereocenters. The van der Waals surface area contributed by atoms with Gasteiger partial charge in [-0.3, -0.25) is 0 Å². The maximum absolute atomic E-state index is 6.57. The Bertz CT molecular complexity index is 2360. The molecule has 6 aromatic carbocycles. The van der Waals surface area contributed by atoms with Crippen LogP contribution in [0.5, 0.6) is 0 Å². The number of fused-ring (bicyclic) bond motifs is 12. The fraction of sp³-hybridized carbons (Fsp3) is 0. The van der Waals surface area contributed by atoms with Gasteiger partial charge in [-0.05, 0) is 53.2 Å². The van der Waals surface area contributed by atoms with E-state index in [1.807, 2.05) is 24.3 Å². The highest BCUT2D eigenvalue weighted by Gasteiger charge is 2.21. The minimum absolute atomic E-state index is 0.894. The van der Waals surface area contributed by atoms with Gasteiger partial charge in [0.25, 0.3) is 0 Å². The third-order valence-electron chi connectivity index (χ3n) is 7.78. The quantitative estimate of drug-likeness (QED) is 0.238. The molecule has 3 heterocycles. The van der Waals surface area contributed by atoms with Crippen molar-refractivity contribution in [3.63, 3.8) is 0 Å². The van der Waals surface area contributed by atoms with E-state index >= 15 is 0 Å². The van der Waals surface area contributed by atoms with E-state index in [4.69, 9.17) is 8.83 Å². The van der Waals surface area contributed by atoms with Crippen LogP contribution in [0.1, 0.15) is 0 Å². The Morgan fingerprint density at radius 2 is 1.14 bits per heavy atom. The Kier molecular flexibility index (Phi) is 3.53. The summed E-state index contributed by atoms with van der Waals surface area (Å²) in [7, 11) is 0. The molecule has 0 amide bonds. The molecule has 0 bridgehead atoms. The van der Waals surface area contributed by atoms with Crippen molar-refractivity contribution in [1.82, 2.24) is 4.57 Å². The van der Waals surface area contributed by atoms with Gasteiger partial charge in [0.15, 0.2) is 5.58 Å². The number of benzene rings is 6. The Morgan fingerprint density at radius 1 is 0.459 bits per heavy atom. The molecule has 3 nitrogen and oxygen atoms in total. The number of para-hydroxylation sites is 2. The lowest BCUT2D eigenvalue weighted by Gasteiger charge is -2.09. The number of furan rings is 2. The van der Waals surface area contributed by atoms with Crippen molar-refractivity contribution in [3.05, 3.63) is 115 Å². The van der Waals surface area contributed by atoms with E-state index in [1.165, 1.54) is 21.5 Å². The van der Waals surface area contributed by atoms with Crippen LogP contribution in [0, 0.1) is 0 Å². The van der Waals surface area contributed by atoms with Gasteiger partial charge in [-0.2, -0.15) is 0 Å². The molecule has 3 heteroatoms. The summed E-state index contributed by atoms with van der Waals surface area (Å²) in [6.07, 6.45) is 0. The van der Waals surface area contributed by atoms with E-state index < -0.39 is 0 Å². The predicted octanol–water partition coefficient (Wildman–Crippen LogP) is 9.74. The average molecular weight is 474 g/mol. The molecule has 0 saturated carbocycles. The summed E-state index contributed by atoms with van der Waals surface area (Å²) >= 11 is 0. The standard InChI is InChI=1S/C34H19NO2/c1-2-8-22-20(7-1)13-17-28-32(22)26-16-15-25-23-9-3-6-12-30(23)37-34(25)33(26)35(28)21-14-18-31-27(19-21)24-10-4-5-11-29(24)36-31/h1-19H. The van der Waals surface area contributed by atoms with Crippen molar-refractivity contribution in [2.75, 3.05) is 0 Å². The number of hydrogen-bond acceptors (Lipinski definition) is 2. The van der Waals surface area contributed by atoms with E-state index in [0.717, 1.165) is 60.6 Å². The van der Waals surface area contributed by atoms with Gasteiger partial charge in [-0.1, -0.05) is 72.8 Å². The van der Waals surface area contributed by atoms with Gasteiger partial charge < -0.3 is 13.4 Å². The Labute approximate surface area is 210 Å². The average Bonchev–Trinajstić information content (AvgIpc) is 3.62. The van der Waals surface area contributed by atoms with Gasteiger partial charge in [0.2, 0.25) is 0 Å². The third kappa shape index (κ3) is 2.45. The van der Waals surface area contributed by atoms with Crippen molar-refractivity contribution in [2.24, 2.45) is 0 Å². The van der Waals surface area contributed by atoms with Crippen LogP contribution >= 0.6 is 0 Å². The molecule has 0 N–H and O–H groups in total. The van der Waals surface area contributed by atoms with Crippen LogP contribution in [0.2, 0.25) is 0 Å². The van der Waals surface area contributed by atoms with E-state index in [2.05, 4.69) is 95.6 Å². The molecule has 0 aliphatic rings. The number of aromatic nitrogens is 1. The summed E-state index contributed by atoms with van der Waals surface area (Å²) in [5, 5.41) is 9.41. The summed E-state index contributed by atoms with van der Waals surface area (Å²) in [5.74, 6) is 0. The van der Waals surface area contributed by atoms with Gasteiger partial charge in [0, 0.05) is 38.0 Å². The van der Waals surface area contributed by atoms with Crippen LogP contribution in [-0.2, 0) is 0 Å². The minimum Gasteiger partial charge on any atom is -0.456 e. The monoisotopic (exact) mass is 473 g/mol. The summed E-state index contributed by atoms with van der Waals surface area (Å²) in [5.41, 5.74) is 6.95. The van der Waals surface area contributed by atoms with E-state index in [9.17, 15) is 0 Å². The molecule has 9 aromatic rings. The molecular formula is C34H19NO2. The summed E-state index contributed by atoms with van der Waals surface area (Å²) in [6, 6.07) is 40.6. The molecule has 0 aliphatic carbocycles. The SMILES string of the molecule is c1ccc2c(c1)ccc1c2c2ccc3c4ccccc4oc3c2n1-c1ccc2oc3ccccc3c2c1. The normalized spacial score (nSPS) is 12.3. The lowest BCUT2D eigenvalue weighted by atomic mass is 10.0. The molecule has 0 atom stereocenters. The number of rotatable bonds is 1. The molecule has 172 valence electrons. The van der Waals surface area contributed by atoms with E-state index in [0.29, 0.717) is 0 Å². The smallest absolute Gasteiger partial charge is 0.160 e. The molecule has 37 heavy (non-hydrogen) atoms. The van der Waals surface area contributed by atoms with Crippen LogP contribution < -0.4 is 0 Å². The maximum atomic E-state index is 6.57. The minimum atomic E-state index is 0.894. The first kappa shape index (κ1) is 19.2. The van der Waals surface area contributed by atoms with Gasteiger partial charge in [0.05, 0.1) is 11.0 Å². The highest BCUT2D eigenvalue weighted by molar-refractivity contribution is 6.27. The zero-order chi connectivity index (χ0) is 24.1. The first-order valence-electron chi connectivity index (χ1n) is 12.5. The fourth-order valence-electron chi connectivity index (χ4n) is 6.17. The zero-order valence-electron chi connectivity index (χ0n) is 19.7. The second-order valence-electron chi connectivity index (χ2n) is 9.73. The molecule has 0 radical (unpaired) electrons. The lowest BCUT2D eigenvalue weighted by Crippen LogP contribution is -1.94. The number of nitrogens with zero attached hydrogens (tertiary/aromatic N) is 1. The lowest BCUT2D eigenvalue weighted by molar-refractivity contribution is 0.669. The van der Waals surface area contributed by atoms with Crippen molar-refractivity contribution in [2.45, 2.75) is 0 Å². The number of hydrogen-bond donors (Lipinski definition) is 0. The first-order valence-corrected chi connectivity index (χ1v) is 12.5. The van der Waals surface area contributed by atoms with Crippen LogP contribution in [0.15, 0.2) is 124 Å². The third-order valence-corrected chi connectivity index (χ3v) is 7.78. The second-order valence-corrected chi connectivity index (χ2v) is 9.73. The highest BCUT2D eigenvalue weighted by Crippen LogP contribution is 2.43. The molecule has 3 aromatic heterocycles. The zero-order valence-corrected chi connectivity index (χ0v) is 19.7. The highest BCUT2D eigenvalue weighted by atomic mass is 16.3. The van der Waals surface area contributed by atoms with Crippen molar-refractivity contribution < 1.29 is 8.83 Å². The topological polar surface area (TPSA) is 31.2 Å². The Morgan fingerprint density at radius 3 is 2.00 bits per heavy atom. The van der Waals surface area contributed by atoms with Crippen molar-refractivity contribution >= 4 is 76.5 Å². The van der Waals surface area contributed by atoms with Gasteiger partial charge in [-0.25, -0.2) is 0 Å². The molecule has 0 aliphatic heterocycles. The molecule has 9 rings (SSSR count). The molecule has 0 spiro atoms. The van der Waals surface area contributed by atoms with Crippen molar-refractivity contribution in [3.8, 4) is 5.69 Å². The Balaban J connectivity index is 1.52. The van der Waals surface area contributed by atoms with Crippen molar-refractivity contribution in [1.29, 1.82) is 0 Å². The molecule has 0 fully saturated rings. The van der Waals surface area contributed by atoms with Gasteiger partial charge in [0.1, 0.15) is 16.7 Å². The van der Waals surface area contributed by atoms with E-state index in [-0.39, 0.29) is 0 Å². The van der Waals surface area contributed by atoms with Crippen LogP contribution in [-0.4, -0.2) is 4.57 Å². The van der Waals surface area contributed by atoms with Crippen LogP contribution in [0.3, 0.4) is 0 Å². The summed E-state index contributed by atoms with van der Waals surface area (Å²) in [6.45, 7) is 0. The summed E-state index contributed by atoms with van der Waals surface area (Å²) < 4.78 is 15.1. The predicted molar refractivity (Wildman–Crippen MR) is 153 cm³/mol. The van der Waals surface area contributed by atoms with Gasteiger partial charge in [-0.15, -0.1) is 0 Å². The summed E-state index contributed by atoms with van der Waals surface area (Å²) in [4.78, 5) is 0. The largest absolute Gasteiger partial charge is 0.456 e. The molecular weight excluding hydrogens is 454 g/mol. The Hall–Kier alpha value is -5.02. The first-order chi connectivity index (χ1) is 18.3. The maximum Gasteiger partial charge on any atom is 0.160 e. The molecule has 0 saturated heterocycles. The van der Waals surface area contributed by atoms with E-state index in [1.54, 1.807) is 0 Å². The second kappa shape index (κ2) is 6.80. The van der Waals surface area contributed by atoms with Crippen LogP contribution in [0.4, 0.5) is 0 Å². The van der Waals surface area contributed by atoms with Gasteiger partial charge >= 0.3 is 0 Å².